The Balaban J connectivity index is 2.02. The average molecular weight is 571 g/mol. The summed E-state index contributed by atoms with van der Waals surface area (Å²) in [5.41, 5.74) is 10.1. The van der Waals surface area contributed by atoms with Gasteiger partial charge in [-0.2, -0.15) is 0 Å². The number of amides is 1. The Labute approximate surface area is 217 Å². The first-order chi connectivity index (χ1) is 16.0. The number of carbonyl (C=O) groups is 1. The van der Waals surface area contributed by atoms with Crippen LogP contribution in [0.4, 0.5) is 11.4 Å². The number of hydrogen-bond acceptors (Lipinski definition) is 3. The molecule has 0 aliphatic heterocycles. The zero-order valence-electron chi connectivity index (χ0n) is 21.0. The van der Waals surface area contributed by atoms with E-state index in [0.717, 1.165) is 33.4 Å². The van der Waals surface area contributed by atoms with Gasteiger partial charge in [-0.25, -0.2) is 0 Å². The van der Waals surface area contributed by atoms with Crippen molar-refractivity contribution in [3.63, 3.8) is 0 Å². The molecule has 34 heavy (non-hydrogen) atoms. The number of nitrogens with one attached hydrogen (secondary N) is 1. The Bertz CT molecular complexity index is 1170. The Morgan fingerprint density at radius 1 is 0.882 bits per heavy atom. The molecule has 3 aromatic rings. The SMILES string of the molecule is CCC(C)(C)c1ccc(Oc2ccc(N)cc2C(=O)Nc2ccc(I)cc2)c(C(C)(C)CC)c1. The van der Waals surface area contributed by atoms with Gasteiger partial charge >= 0.3 is 0 Å². The van der Waals surface area contributed by atoms with Crippen LogP contribution in [0.5, 0.6) is 11.5 Å². The molecule has 0 heterocycles. The van der Waals surface area contributed by atoms with Gasteiger partial charge in [0.2, 0.25) is 0 Å². The van der Waals surface area contributed by atoms with Crippen molar-refractivity contribution in [3.05, 3.63) is 80.9 Å². The first-order valence-corrected chi connectivity index (χ1v) is 12.8. The van der Waals surface area contributed by atoms with Crippen LogP contribution in [0.2, 0.25) is 0 Å². The Morgan fingerprint density at radius 3 is 2.12 bits per heavy atom. The molecular formula is C29H35IN2O2. The Hall–Kier alpha value is -2.54. The number of nitrogens with two attached hydrogens (primary N) is 1. The average Bonchev–Trinajstić information content (AvgIpc) is 2.81. The van der Waals surface area contributed by atoms with Gasteiger partial charge in [0.25, 0.3) is 5.91 Å². The molecule has 3 aromatic carbocycles. The van der Waals surface area contributed by atoms with Crippen molar-refractivity contribution in [2.45, 2.75) is 65.2 Å². The largest absolute Gasteiger partial charge is 0.456 e. The summed E-state index contributed by atoms with van der Waals surface area (Å²) in [7, 11) is 0. The molecular weight excluding hydrogens is 535 g/mol. The highest BCUT2D eigenvalue weighted by atomic mass is 127. The minimum absolute atomic E-state index is 0.0663. The fourth-order valence-electron chi connectivity index (χ4n) is 3.63. The maximum Gasteiger partial charge on any atom is 0.259 e. The van der Waals surface area contributed by atoms with Gasteiger partial charge in [0, 0.05) is 20.5 Å². The monoisotopic (exact) mass is 570 g/mol. The maximum absolute atomic E-state index is 13.2. The highest BCUT2D eigenvalue weighted by molar-refractivity contribution is 14.1. The Morgan fingerprint density at radius 2 is 1.50 bits per heavy atom. The summed E-state index contributed by atoms with van der Waals surface area (Å²) >= 11 is 2.24. The van der Waals surface area contributed by atoms with Crippen LogP contribution < -0.4 is 15.8 Å². The zero-order valence-corrected chi connectivity index (χ0v) is 23.1. The number of benzene rings is 3. The van der Waals surface area contributed by atoms with E-state index in [-0.39, 0.29) is 16.7 Å². The summed E-state index contributed by atoms with van der Waals surface area (Å²) in [6.45, 7) is 13.4. The van der Waals surface area contributed by atoms with Crippen LogP contribution in [-0.4, -0.2) is 5.91 Å². The first-order valence-electron chi connectivity index (χ1n) is 11.8. The van der Waals surface area contributed by atoms with E-state index in [1.807, 2.05) is 30.3 Å². The number of nitrogen functional groups attached to an aromatic ring is 1. The molecule has 5 heteroatoms. The molecule has 0 aliphatic carbocycles. The number of hydrogen-bond donors (Lipinski definition) is 2. The smallest absolute Gasteiger partial charge is 0.259 e. The van der Waals surface area contributed by atoms with Crippen LogP contribution in [0.15, 0.2) is 60.7 Å². The molecule has 0 radical (unpaired) electrons. The molecule has 0 fully saturated rings. The molecule has 0 spiro atoms. The van der Waals surface area contributed by atoms with Crippen molar-refractivity contribution < 1.29 is 9.53 Å². The molecule has 0 bridgehead atoms. The summed E-state index contributed by atoms with van der Waals surface area (Å²) in [5, 5.41) is 2.95. The molecule has 180 valence electrons. The third-order valence-corrected chi connectivity index (χ3v) is 7.55. The van der Waals surface area contributed by atoms with Crippen LogP contribution in [0, 0.1) is 3.57 Å². The molecule has 0 unspecified atom stereocenters. The predicted octanol–water partition coefficient (Wildman–Crippen LogP) is 8.29. The van der Waals surface area contributed by atoms with Crippen molar-refractivity contribution in [1.82, 2.24) is 0 Å². The summed E-state index contributed by atoms with van der Waals surface area (Å²) < 4.78 is 7.55. The molecule has 0 saturated carbocycles. The highest BCUT2D eigenvalue weighted by Gasteiger charge is 2.27. The van der Waals surface area contributed by atoms with Crippen molar-refractivity contribution >= 4 is 39.9 Å². The van der Waals surface area contributed by atoms with Gasteiger partial charge in [0.1, 0.15) is 11.5 Å². The number of rotatable bonds is 8. The molecule has 3 N–H and O–H groups in total. The van der Waals surface area contributed by atoms with E-state index >= 15 is 0 Å². The number of carbonyl (C=O) groups excluding carboxylic acids is 1. The van der Waals surface area contributed by atoms with Crippen molar-refractivity contribution in [3.8, 4) is 11.5 Å². The van der Waals surface area contributed by atoms with Crippen LogP contribution in [0.1, 0.15) is 75.9 Å². The van der Waals surface area contributed by atoms with E-state index in [2.05, 4.69) is 81.6 Å². The molecule has 1 amide bonds. The van der Waals surface area contributed by atoms with Gasteiger partial charge in [-0.05, 0) is 100 Å². The number of ether oxygens (including phenoxy) is 1. The number of halogens is 1. The van der Waals surface area contributed by atoms with Crippen molar-refractivity contribution in [2.24, 2.45) is 0 Å². The van der Waals surface area contributed by atoms with Crippen molar-refractivity contribution in [1.29, 1.82) is 0 Å². The second kappa shape index (κ2) is 10.4. The summed E-state index contributed by atoms with van der Waals surface area (Å²) in [4.78, 5) is 13.2. The third-order valence-electron chi connectivity index (χ3n) is 6.83. The lowest BCUT2D eigenvalue weighted by Gasteiger charge is -2.30. The minimum Gasteiger partial charge on any atom is -0.456 e. The fraction of sp³-hybridized carbons (Fsp3) is 0.345. The van der Waals surface area contributed by atoms with E-state index in [1.54, 1.807) is 18.2 Å². The lowest BCUT2D eigenvalue weighted by atomic mass is 9.76. The highest BCUT2D eigenvalue weighted by Crippen LogP contribution is 2.41. The van der Waals surface area contributed by atoms with E-state index < -0.39 is 0 Å². The predicted molar refractivity (Wildman–Crippen MR) is 151 cm³/mol. The fourth-order valence-corrected chi connectivity index (χ4v) is 3.99. The normalized spacial score (nSPS) is 11.9. The van der Waals surface area contributed by atoms with Gasteiger partial charge in [0.05, 0.1) is 5.56 Å². The van der Waals surface area contributed by atoms with Gasteiger partial charge < -0.3 is 15.8 Å². The maximum atomic E-state index is 13.2. The first kappa shape index (κ1) is 26.1. The quantitative estimate of drug-likeness (QED) is 0.212. The summed E-state index contributed by atoms with van der Waals surface area (Å²) in [6.07, 6.45) is 2.00. The van der Waals surface area contributed by atoms with Crippen LogP contribution in [-0.2, 0) is 10.8 Å². The van der Waals surface area contributed by atoms with E-state index in [1.165, 1.54) is 5.56 Å². The molecule has 0 atom stereocenters. The summed E-state index contributed by atoms with van der Waals surface area (Å²) in [5.74, 6) is 0.979. The summed E-state index contributed by atoms with van der Waals surface area (Å²) in [6, 6.07) is 19.3. The molecule has 3 rings (SSSR count). The molecule has 0 saturated heterocycles. The van der Waals surface area contributed by atoms with Crippen molar-refractivity contribution in [2.75, 3.05) is 11.1 Å². The van der Waals surface area contributed by atoms with E-state index in [9.17, 15) is 4.79 Å². The number of anilines is 2. The molecule has 4 nitrogen and oxygen atoms in total. The topological polar surface area (TPSA) is 64.3 Å². The van der Waals surface area contributed by atoms with Crippen LogP contribution >= 0.6 is 22.6 Å². The second-order valence-electron chi connectivity index (χ2n) is 10.0. The lowest BCUT2D eigenvalue weighted by Crippen LogP contribution is -2.21. The van der Waals surface area contributed by atoms with Gasteiger partial charge in [0.15, 0.2) is 0 Å². The minimum atomic E-state index is -0.261. The molecule has 0 aliphatic rings. The Kier molecular flexibility index (Phi) is 7.96. The van der Waals surface area contributed by atoms with Crippen LogP contribution in [0.25, 0.3) is 0 Å². The second-order valence-corrected chi connectivity index (χ2v) is 11.3. The van der Waals surface area contributed by atoms with E-state index in [4.69, 9.17) is 10.5 Å². The van der Waals surface area contributed by atoms with Crippen LogP contribution in [0.3, 0.4) is 0 Å². The zero-order chi connectivity index (χ0) is 25.1. The van der Waals surface area contributed by atoms with Gasteiger partial charge in [-0.3, -0.25) is 4.79 Å². The third kappa shape index (κ3) is 5.93. The van der Waals surface area contributed by atoms with Gasteiger partial charge in [-0.15, -0.1) is 0 Å². The lowest BCUT2D eigenvalue weighted by molar-refractivity contribution is 0.102. The standard InChI is InChI=1S/C29H35IN2O2/c1-7-28(3,4)19-9-15-26(24(17-19)29(5,6)8-2)34-25-16-12-21(31)18-23(25)27(33)32-22-13-10-20(30)11-14-22/h9-18H,7-8,31H2,1-6H3,(H,32,33). The van der Waals surface area contributed by atoms with Gasteiger partial charge in [-0.1, -0.05) is 53.7 Å². The van der Waals surface area contributed by atoms with E-state index in [0.29, 0.717) is 17.0 Å². The molecule has 0 aromatic heterocycles.